The number of allylic oxidation sites excluding steroid dienone is 2. The Hall–Kier alpha value is -4.18. The highest BCUT2D eigenvalue weighted by Gasteiger charge is 2.41. The number of rotatable bonds is 4. The smallest absolute Gasteiger partial charge is 0.384 e. The van der Waals surface area contributed by atoms with Crippen LogP contribution in [0.5, 0.6) is 0 Å². The van der Waals surface area contributed by atoms with Crippen molar-refractivity contribution in [3.05, 3.63) is 94.4 Å². The number of dihydropyridines is 1. The lowest BCUT2D eigenvalue weighted by molar-refractivity contribution is -0.137. The van der Waals surface area contributed by atoms with Gasteiger partial charge in [-0.3, -0.25) is 19.5 Å². The molecule has 0 bridgehead atoms. The molecular weight excluding hydrogens is 555 g/mol. The summed E-state index contributed by atoms with van der Waals surface area (Å²) in [6.45, 7) is 3.01. The van der Waals surface area contributed by atoms with Crippen LogP contribution >= 0.6 is 11.6 Å². The van der Waals surface area contributed by atoms with Crippen LogP contribution in [-0.2, 0) is 6.18 Å². The summed E-state index contributed by atoms with van der Waals surface area (Å²) in [7, 11) is 0. The summed E-state index contributed by atoms with van der Waals surface area (Å²) in [5, 5.41) is 3.53. The molecule has 1 atom stereocenters. The van der Waals surface area contributed by atoms with Crippen LogP contribution in [0.15, 0.2) is 72.0 Å². The number of imide groups is 1. The fourth-order valence-electron chi connectivity index (χ4n) is 5.49. The maximum atomic E-state index is 13.2. The van der Waals surface area contributed by atoms with E-state index < -0.39 is 11.7 Å². The minimum absolute atomic E-state index is 0.0474. The molecule has 4 heterocycles. The molecule has 210 valence electrons. The molecule has 41 heavy (non-hydrogen) atoms. The molecule has 6 rings (SSSR count). The molecule has 3 aromatic rings. The standard InChI is InChI=1S/C30H25ClF3N5O2/c1-17-14-23(24(31)15-35-17)27-26(18-6-8-19(9-7-18)30(32,33)34)36-16-25(37-27)38-12-10-20(11-13-38)39-28(40)21-4-2-3-5-22(21)29(39)41/h2-9,14-17,20,35H,10-13H2,1H3. The summed E-state index contributed by atoms with van der Waals surface area (Å²) >= 11 is 6.55. The topological polar surface area (TPSA) is 78.4 Å². The second-order valence-corrected chi connectivity index (χ2v) is 10.7. The quantitative estimate of drug-likeness (QED) is 0.389. The van der Waals surface area contributed by atoms with Crippen molar-refractivity contribution in [3.8, 4) is 11.3 Å². The Bertz CT molecular complexity index is 1560. The third kappa shape index (κ3) is 4.97. The highest BCUT2D eigenvalue weighted by atomic mass is 35.5. The van der Waals surface area contributed by atoms with E-state index in [1.165, 1.54) is 17.0 Å². The first-order valence-electron chi connectivity index (χ1n) is 13.2. The molecule has 1 saturated heterocycles. The van der Waals surface area contributed by atoms with Gasteiger partial charge in [0.25, 0.3) is 11.8 Å². The van der Waals surface area contributed by atoms with E-state index in [9.17, 15) is 22.8 Å². The number of hydrogen-bond acceptors (Lipinski definition) is 6. The number of nitrogens with one attached hydrogen (secondary N) is 1. The third-order valence-electron chi connectivity index (χ3n) is 7.63. The highest BCUT2D eigenvalue weighted by molar-refractivity contribution is 6.37. The Balaban J connectivity index is 1.28. The average Bonchev–Trinajstić information content (AvgIpc) is 3.23. The van der Waals surface area contributed by atoms with Crippen molar-refractivity contribution in [1.29, 1.82) is 0 Å². The minimum atomic E-state index is -4.45. The number of benzene rings is 2. The lowest BCUT2D eigenvalue weighted by Crippen LogP contribution is -2.47. The monoisotopic (exact) mass is 579 g/mol. The number of aromatic nitrogens is 2. The molecule has 0 aliphatic carbocycles. The zero-order valence-corrected chi connectivity index (χ0v) is 22.7. The van der Waals surface area contributed by atoms with Gasteiger partial charge in [0.05, 0.1) is 33.6 Å². The number of fused-ring (bicyclic) bond motifs is 1. The molecule has 11 heteroatoms. The molecule has 2 amide bonds. The molecule has 0 radical (unpaired) electrons. The second kappa shape index (κ2) is 10.3. The molecule has 3 aliphatic rings. The van der Waals surface area contributed by atoms with Gasteiger partial charge >= 0.3 is 6.18 Å². The van der Waals surface area contributed by atoms with Crippen molar-refractivity contribution in [2.75, 3.05) is 18.0 Å². The number of carbonyl (C=O) groups is 2. The Labute approximate surface area is 239 Å². The number of carbonyl (C=O) groups excluding carboxylic acids is 2. The summed E-state index contributed by atoms with van der Waals surface area (Å²) in [5.41, 5.74) is 2.10. The van der Waals surface area contributed by atoms with Crippen LogP contribution in [0.1, 0.15) is 51.7 Å². The van der Waals surface area contributed by atoms with Gasteiger partial charge in [0.1, 0.15) is 11.5 Å². The van der Waals surface area contributed by atoms with Gasteiger partial charge in [0, 0.05) is 42.5 Å². The van der Waals surface area contributed by atoms with Crippen LogP contribution in [0.2, 0.25) is 0 Å². The van der Waals surface area contributed by atoms with E-state index in [0.717, 1.165) is 12.1 Å². The van der Waals surface area contributed by atoms with E-state index in [-0.39, 0.29) is 23.9 Å². The van der Waals surface area contributed by atoms with Crippen LogP contribution in [0.4, 0.5) is 19.0 Å². The van der Waals surface area contributed by atoms with E-state index >= 15 is 0 Å². The average molecular weight is 580 g/mol. The van der Waals surface area contributed by atoms with Gasteiger partial charge in [-0.25, -0.2) is 4.98 Å². The molecule has 1 unspecified atom stereocenters. The summed E-state index contributed by atoms with van der Waals surface area (Å²) < 4.78 is 39.5. The number of hydrogen-bond donors (Lipinski definition) is 1. The molecule has 7 nitrogen and oxygen atoms in total. The number of nitrogens with zero attached hydrogens (tertiary/aromatic N) is 4. The second-order valence-electron chi connectivity index (χ2n) is 10.3. The maximum absolute atomic E-state index is 13.2. The summed E-state index contributed by atoms with van der Waals surface area (Å²) in [6, 6.07) is 11.4. The molecule has 3 aliphatic heterocycles. The first kappa shape index (κ1) is 27.0. The summed E-state index contributed by atoms with van der Waals surface area (Å²) in [4.78, 5) is 38.9. The third-order valence-corrected chi connectivity index (χ3v) is 7.94. The van der Waals surface area contributed by atoms with Crippen molar-refractivity contribution >= 4 is 34.8 Å². The molecule has 1 fully saturated rings. The largest absolute Gasteiger partial charge is 0.416 e. The molecule has 0 spiro atoms. The zero-order chi connectivity index (χ0) is 28.9. The summed E-state index contributed by atoms with van der Waals surface area (Å²) in [5.74, 6) is 0.0499. The van der Waals surface area contributed by atoms with Crippen LogP contribution in [0, 0.1) is 0 Å². The van der Waals surface area contributed by atoms with E-state index in [1.807, 2.05) is 17.9 Å². The lowest BCUT2D eigenvalue weighted by atomic mass is 9.99. The predicted octanol–water partition coefficient (Wildman–Crippen LogP) is 5.88. The first-order valence-corrected chi connectivity index (χ1v) is 13.6. The van der Waals surface area contributed by atoms with E-state index in [4.69, 9.17) is 16.6 Å². The van der Waals surface area contributed by atoms with Crippen LogP contribution in [0.3, 0.4) is 0 Å². The Morgan fingerprint density at radius 3 is 2.20 bits per heavy atom. The molecule has 1 N–H and O–H groups in total. The van der Waals surface area contributed by atoms with Gasteiger partial charge < -0.3 is 10.2 Å². The predicted molar refractivity (Wildman–Crippen MR) is 149 cm³/mol. The Kier molecular flexibility index (Phi) is 6.81. The summed E-state index contributed by atoms with van der Waals surface area (Å²) in [6.07, 6.45) is 1.84. The Morgan fingerprint density at radius 1 is 0.951 bits per heavy atom. The molecule has 2 aromatic carbocycles. The molecular formula is C30H25ClF3N5O2. The maximum Gasteiger partial charge on any atom is 0.416 e. The number of halogens is 4. The van der Waals surface area contributed by atoms with E-state index in [2.05, 4.69) is 10.3 Å². The first-order chi connectivity index (χ1) is 19.6. The van der Waals surface area contributed by atoms with Crippen LogP contribution in [-0.4, -0.2) is 51.9 Å². The van der Waals surface area contributed by atoms with Crippen molar-refractivity contribution in [1.82, 2.24) is 20.2 Å². The SMILES string of the molecule is CC1C=C(c2nc(N3CCC(N4C(=O)c5ccccc5C4=O)CC3)cnc2-c2ccc(C(F)(F)F)cc2)C(Cl)=CN1. The van der Waals surface area contributed by atoms with Gasteiger partial charge in [-0.05, 0) is 44.0 Å². The number of amides is 2. The number of piperidine rings is 1. The van der Waals surface area contributed by atoms with E-state index in [1.54, 1.807) is 36.7 Å². The fraction of sp³-hybridized carbons (Fsp3) is 0.267. The fourth-order valence-corrected chi connectivity index (χ4v) is 5.71. The zero-order valence-electron chi connectivity index (χ0n) is 22.0. The highest BCUT2D eigenvalue weighted by Crippen LogP contribution is 2.37. The van der Waals surface area contributed by atoms with Gasteiger partial charge in [0.2, 0.25) is 0 Å². The van der Waals surface area contributed by atoms with Gasteiger partial charge in [-0.15, -0.1) is 0 Å². The van der Waals surface area contributed by atoms with Gasteiger partial charge in [0.15, 0.2) is 0 Å². The van der Waals surface area contributed by atoms with Gasteiger partial charge in [-0.2, -0.15) is 13.2 Å². The lowest BCUT2D eigenvalue weighted by Gasteiger charge is -2.36. The van der Waals surface area contributed by atoms with Crippen LogP contribution in [0.25, 0.3) is 16.8 Å². The van der Waals surface area contributed by atoms with Gasteiger partial charge in [-0.1, -0.05) is 41.9 Å². The van der Waals surface area contributed by atoms with Crippen LogP contribution < -0.4 is 10.2 Å². The van der Waals surface area contributed by atoms with Crippen molar-refractivity contribution in [2.45, 2.75) is 38.0 Å². The molecule has 1 aromatic heterocycles. The van der Waals surface area contributed by atoms with E-state index in [0.29, 0.717) is 70.4 Å². The normalized spacial score (nSPS) is 19.6. The molecule has 0 saturated carbocycles. The number of anilines is 1. The minimum Gasteiger partial charge on any atom is -0.384 e. The Morgan fingerprint density at radius 2 is 1.59 bits per heavy atom. The van der Waals surface area contributed by atoms with Crippen molar-refractivity contribution in [3.63, 3.8) is 0 Å². The van der Waals surface area contributed by atoms with Crippen molar-refractivity contribution in [2.24, 2.45) is 0 Å². The number of alkyl halides is 3. The van der Waals surface area contributed by atoms with Crippen molar-refractivity contribution < 1.29 is 22.8 Å².